The van der Waals surface area contributed by atoms with Crippen molar-refractivity contribution in [3.63, 3.8) is 0 Å². The lowest BCUT2D eigenvalue weighted by Gasteiger charge is -2.17. The van der Waals surface area contributed by atoms with Gasteiger partial charge in [-0.3, -0.25) is 0 Å². The first-order valence-corrected chi connectivity index (χ1v) is 6.09. The molecule has 0 amide bonds. The van der Waals surface area contributed by atoms with Crippen molar-refractivity contribution >= 4 is 17.3 Å². The van der Waals surface area contributed by atoms with E-state index in [4.69, 9.17) is 11.6 Å². The van der Waals surface area contributed by atoms with Crippen LogP contribution in [0.1, 0.15) is 24.2 Å². The highest BCUT2D eigenvalue weighted by molar-refractivity contribution is 6.29. The largest absolute Gasteiger partial charge is 0.377 e. The van der Waals surface area contributed by atoms with Crippen LogP contribution in [-0.4, -0.2) is 4.98 Å². The maximum absolute atomic E-state index is 13.1. The molecule has 18 heavy (non-hydrogen) atoms. The number of benzene rings is 1. The van der Waals surface area contributed by atoms with E-state index in [1.165, 1.54) is 12.1 Å². The summed E-state index contributed by atoms with van der Waals surface area (Å²) in [4.78, 5) is 4.17. The number of aryl methyl sites for hydroxylation is 1. The Kier molecular flexibility index (Phi) is 3.82. The molecule has 2 aromatic rings. The Morgan fingerprint density at radius 2 is 2.06 bits per heavy atom. The predicted octanol–water partition coefficient (Wildman–Crippen LogP) is 4.36. The molecule has 0 bridgehead atoms. The molecule has 94 valence electrons. The fourth-order valence-electron chi connectivity index (χ4n) is 1.78. The summed E-state index contributed by atoms with van der Waals surface area (Å²) in [5, 5.41) is 3.76. The van der Waals surface area contributed by atoms with E-state index in [0.29, 0.717) is 5.15 Å². The number of halogens is 2. The molecule has 1 heterocycles. The predicted molar refractivity (Wildman–Crippen MR) is 72.4 cm³/mol. The van der Waals surface area contributed by atoms with Crippen molar-refractivity contribution in [2.75, 3.05) is 5.32 Å². The zero-order valence-electron chi connectivity index (χ0n) is 10.2. The van der Waals surface area contributed by atoms with Crippen LogP contribution in [0.25, 0.3) is 0 Å². The molecule has 0 spiro atoms. The Morgan fingerprint density at radius 1 is 1.28 bits per heavy atom. The fraction of sp³-hybridized carbons (Fsp3) is 0.214. The van der Waals surface area contributed by atoms with E-state index in [0.717, 1.165) is 16.9 Å². The van der Waals surface area contributed by atoms with Gasteiger partial charge in [0.1, 0.15) is 11.0 Å². The molecule has 0 fully saturated rings. The highest BCUT2D eigenvalue weighted by Gasteiger charge is 2.08. The minimum Gasteiger partial charge on any atom is -0.377 e. The lowest BCUT2D eigenvalue weighted by atomic mass is 10.1. The van der Waals surface area contributed by atoms with Crippen molar-refractivity contribution in [3.8, 4) is 0 Å². The highest BCUT2D eigenvalue weighted by Crippen LogP contribution is 2.22. The van der Waals surface area contributed by atoms with Gasteiger partial charge >= 0.3 is 0 Å². The Balaban J connectivity index is 2.18. The highest BCUT2D eigenvalue weighted by atomic mass is 35.5. The first-order chi connectivity index (χ1) is 8.56. The van der Waals surface area contributed by atoms with E-state index in [1.807, 2.05) is 26.0 Å². The van der Waals surface area contributed by atoms with E-state index >= 15 is 0 Å². The number of pyridine rings is 1. The minimum absolute atomic E-state index is 0.00220. The third kappa shape index (κ3) is 2.99. The second kappa shape index (κ2) is 5.36. The summed E-state index contributed by atoms with van der Waals surface area (Å²) in [7, 11) is 0. The third-order valence-corrected chi connectivity index (χ3v) is 2.98. The zero-order chi connectivity index (χ0) is 13.1. The molecule has 2 nitrogen and oxygen atoms in total. The topological polar surface area (TPSA) is 24.9 Å². The molecule has 0 aliphatic rings. The van der Waals surface area contributed by atoms with Gasteiger partial charge in [0.2, 0.25) is 0 Å². The molecule has 1 aromatic carbocycles. The smallest absolute Gasteiger partial charge is 0.129 e. The number of nitrogens with zero attached hydrogens (tertiary/aromatic N) is 1. The summed E-state index contributed by atoms with van der Waals surface area (Å²) in [5.41, 5.74) is 2.62. The van der Waals surface area contributed by atoms with Gasteiger partial charge in [0.05, 0.1) is 11.4 Å². The van der Waals surface area contributed by atoms with Crippen LogP contribution in [0.4, 0.5) is 10.1 Å². The van der Waals surface area contributed by atoms with Gasteiger partial charge < -0.3 is 5.32 Å². The molecule has 2 rings (SSSR count). The quantitative estimate of drug-likeness (QED) is 0.834. The van der Waals surface area contributed by atoms with Gasteiger partial charge in [0, 0.05) is 6.04 Å². The minimum atomic E-state index is -0.230. The monoisotopic (exact) mass is 264 g/mol. The Hall–Kier alpha value is -1.61. The van der Waals surface area contributed by atoms with Crippen LogP contribution < -0.4 is 5.32 Å². The van der Waals surface area contributed by atoms with Crippen molar-refractivity contribution in [1.29, 1.82) is 0 Å². The van der Waals surface area contributed by atoms with E-state index in [-0.39, 0.29) is 11.9 Å². The number of anilines is 1. The summed E-state index contributed by atoms with van der Waals surface area (Å²) < 4.78 is 13.1. The van der Waals surface area contributed by atoms with Crippen LogP contribution >= 0.6 is 11.6 Å². The van der Waals surface area contributed by atoms with Crippen LogP contribution in [-0.2, 0) is 0 Å². The molecular weight excluding hydrogens is 251 g/mol. The van der Waals surface area contributed by atoms with Crippen LogP contribution in [0.2, 0.25) is 5.15 Å². The van der Waals surface area contributed by atoms with Crippen molar-refractivity contribution < 1.29 is 4.39 Å². The van der Waals surface area contributed by atoms with E-state index in [2.05, 4.69) is 10.3 Å². The molecule has 0 aliphatic heterocycles. The number of hydrogen-bond acceptors (Lipinski definition) is 2. The number of rotatable bonds is 3. The van der Waals surface area contributed by atoms with Crippen molar-refractivity contribution in [3.05, 3.63) is 58.6 Å². The second-order valence-electron chi connectivity index (χ2n) is 4.19. The van der Waals surface area contributed by atoms with Gasteiger partial charge in [0.25, 0.3) is 0 Å². The Morgan fingerprint density at radius 3 is 2.72 bits per heavy atom. The van der Waals surface area contributed by atoms with Crippen molar-refractivity contribution in [2.45, 2.75) is 19.9 Å². The van der Waals surface area contributed by atoms with Crippen LogP contribution in [0.15, 0.2) is 36.4 Å². The van der Waals surface area contributed by atoms with Crippen LogP contribution in [0.5, 0.6) is 0 Å². The van der Waals surface area contributed by atoms with Crippen molar-refractivity contribution in [1.82, 2.24) is 4.98 Å². The summed E-state index contributed by atoms with van der Waals surface area (Å²) in [6, 6.07) is 10.2. The first kappa shape index (κ1) is 12.8. The molecule has 0 saturated heterocycles. The fourth-order valence-corrected chi connectivity index (χ4v) is 1.97. The molecule has 1 aromatic heterocycles. The third-order valence-electron chi connectivity index (χ3n) is 2.77. The summed E-state index contributed by atoms with van der Waals surface area (Å²) in [6.45, 7) is 3.86. The SMILES string of the molecule is Cc1nc(Cl)ccc1NC(C)c1cccc(F)c1. The standard InChI is InChI=1S/C14H14ClFN2/c1-9(11-4-3-5-12(16)8-11)17-13-6-7-14(15)18-10(13)2/h3-9,17H,1-2H3. The first-order valence-electron chi connectivity index (χ1n) is 5.71. The Labute approximate surface area is 111 Å². The molecule has 1 N–H and O–H groups in total. The normalized spacial score (nSPS) is 12.2. The van der Waals surface area contributed by atoms with Gasteiger partial charge in [-0.05, 0) is 43.7 Å². The molecule has 4 heteroatoms. The molecular formula is C14H14ClFN2. The van der Waals surface area contributed by atoms with Gasteiger partial charge in [-0.1, -0.05) is 23.7 Å². The summed E-state index contributed by atoms with van der Waals surface area (Å²) >= 11 is 5.80. The van der Waals surface area contributed by atoms with Gasteiger partial charge in [-0.2, -0.15) is 0 Å². The van der Waals surface area contributed by atoms with Crippen LogP contribution in [0, 0.1) is 12.7 Å². The zero-order valence-corrected chi connectivity index (χ0v) is 11.0. The second-order valence-corrected chi connectivity index (χ2v) is 4.58. The number of nitrogens with one attached hydrogen (secondary N) is 1. The molecule has 1 unspecified atom stereocenters. The summed E-state index contributed by atoms with van der Waals surface area (Å²) in [6.07, 6.45) is 0. The summed E-state index contributed by atoms with van der Waals surface area (Å²) in [5.74, 6) is -0.230. The Bertz CT molecular complexity index is 557. The molecule has 1 atom stereocenters. The number of aromatic nitrogens is 1. The average molecular weight is 265 g/mol. The lowest BCUT2D eigenvalue weighted by molar-refractivity contribution is 0.623. The molecule has 0 saturated carbocycles. The molecule has 0 aliphatic carbocycles. The maximum atomic E-state index is 13.1. The maximum Gasteiger partial charge on any atom is 0.129 e. The van der Waals surface area contributed by atoms with Gasteiger partial charge in [-0.25, -0.2) is 9.37 Å². The van der Waals surface area contributed by atoms with E-state index < -0.39 is 0 Å². The average Bonchev–Trinajstić information content (AvgIpc) is 2.32. The van der Waals surface area contributed by atoms with Crippen LogP contribution in [0.3, 0.4) is 0 Å². The molecule has 0 radical (unpaired) electrons. The van der Waals surface area contributed by atoms with E-state index in [9.17, 15) is 4.39 Å². The van der Waals surface area contributed by atoms with Gasteiger partial charge in [-0.15, -0.1) is 0 Å². The number of hydrogen-bond donors (Lipinski definition) is 1. The lowest BCUT2D eigenvalue weighted by Crippen LogP contribution is -2.08. The van der Waals surface area contributed by atoms with E-state index in [1.54, 1.807) is 12.1 Å². The van der Waals surface area contributed by atoms with Crippen molar-refractivity contribution in [2.24, 2.45) is 0 Å². The van der Waals surface area contributed by atoms with Gasteiger partial charge in [0.15, 0.2) is 0 Å².